The van der Waals surface area contributed by atoms with Crippen molar-refractivity contribution in [2.45, 2.75) is 45.4 Å². The average Bonchev–Trinajstić information content (AvgIpc) is 2.85. The normalized spacial score (nSPS) is 11.0. The van der Waals surface area contributed by atoms with Crippen LogP contribution in [0.2, 0.25) is 0 Å². The molecule has 0 amide bonds. The zero-order valence-electron chi connectivity index (χ0n) is 11.4. The standard InChI is InChI=1S/C14H21N3OS/c1-2-3-4-5-6-7-9-18-12-11-8-10-19-13(11)17-14(15)16-12/h8,10H,2-7,9H2,1H3,(H2,15,16,17). The first-order valence-corrected chi connectivity index (χ1v) is 7.82. The minimum atomic E-state index is 0.285. The number of nitrogens with zero attached hydrogens (tertiary/aromatic N) is 2. The third kappa shape index (κ3) is 4.06. The van der Waals surface area contributed by atoms with Crippen molar-refractivity contribution in [1.29, 1.82) is 0 Å². The van der Waals surface area contributed by atoms with Crippen LogP contribution in [0.1, 0.15) is 45.4 Å². The Hall–Kier alpha value is -1.36. The molecule has 0 aliphatic rings. The van der Waals surface area contributed by atoms with Crippen molar-refractivity contribution in [2.75, 3.05) is 12.3 Å². The molecule has 0 saturated heterocycles. The maximum atomic E-state index is 5.74. The predicted octanol–water partition coefficient (Wildman–Crippen LogP) is 4.01. The molecular weight excluding hydrogens is 258 g/mol. The predicted molar refractivity (Wildman–Crippen MR) is 80.7 cm³/mol. The molecule has 4 nitrogen and oxygen atoms in total. The Bertz CT molecular complexity index is 512. The minimum absolute atomic E-state index is 0.285. The SMILES string of the molecule is CCCCCCCCOc1nc(N)nc2sccc12. The van der Waals surface area contributed by atoms with Crippen LogP contribution in [0, 0.1) is 0 Å². The highest BCUT2D eigenvalue weighted by molar-refractivity contribution is 7.16. The summed E-state index contributed by atoms with van der Waals surface area (Å²) < 4.78 is 5.74. The van der Waals surface area contributed by atoms with Gasteiger partial charge >= 0.3 is 0 Å². The lowest BCUT2D eigenvalue weighted by Gasteiger charge is -2.06. The van der Waals surface area contributed by atoms with Gasteiger partial charge < -0.3 is 10.5 Å². The molecule has 5 heteroatoms. The molecule has 0 aliphatic heterocycles. The Kier molecular flexibility index (Phi) is 5.39. The summed E-state index contributed by atoms with van der Waals surface area (Å²) in [5, 5.41) is 2.95. The fourth-order valence-electron chi connectivity index (χ4n) is 2.01. The molecule has 0 atom stereocenters. The van der Waals surface area contributed by atoms with E-state index in [0.717, 1.165) is 16.6 Å². The van der Waals surface area contributed by atoms with Crippen molar-refractivity contribution in [3.63, 3.8) is 0 Å². The second kappa shape index (κ2) is 7.28. The van der Waals surface area contributed by atoms with Gasteiger partial charge in [-0.1, -0.05) is 39.0 Å². The first kappa shape index (κ1) is 14.1. The van der Waals surface area contributed by atoms with Crippen LogP contribution in [-0.4, -0.2) is 16.6 Å². The van der Waals surface area contributed by atoms with Crippen molar-refractivity contribution in [3.05, 3.63) is 11.4 Å². The summed E-state index contributed by atoms with van der Waals surface area (Å²) in [7, 11) is 0. The van der Waals surface area contributed by atoms with Crippen molar-refractivity contribution in [1.82, 2.24) is 9.97 Å². The van der Waals surface area contributed by atoms with Gasteiger partial charge in [-0.2, -0.15) is 4.98 Å². The van der Waals surface area contributed by atoms with Crippen LogP contribution in [0.25, 0.3) is 10.2 Å². The number of hydrogen-bond acceptors (Lipinski definition) is 5. The summed E-state index contributed by atoms with van der Waals surface area (Å²) in [5.74, 6) is 0.908. The van der Waals surface area contributed by atoms with Gasteiger partial charge in [0, 0.05) is 0 Å². The molecule has 0 bridgehead atoms. The number of nitrogens with two attached hydrogens (primary N) is 1. The van der Waals surface area contributed by atoms with Gasteiger partial charge in [0.05, 0.1) is 12.0 Å². The Balaban J connectivity index is 1.79. The molecule has 2 heterocycles. The monoisotopic (exact) mass is 279 g/mol. The van der Waals surface area contributed by atoms with Crippen LogP contribution in [0.4, 0.5) is 5.95 Å². The smallest absolute Gasteiger partial charge is 0.227 e. The molecule has 104 valence electrons. The summed E-state index contributed by atoms with van der Waals surface area (Å²) >= 11 is 1.56. The lowest BCUT2D eigenvalue weighted by Crippen LogP contribution is -2.02. The van der Waals surface area contributed by atoms with Gasteiger partial charge in [0.1, 0.15) is 4.83 Å². The average molecular weight is 279 g/mol. The lowest BCUT2D eigenvalue weighted by atomic mass is 10.1. The van der Waals surface area contributed by atoms with Crippen LogP contribution in [0.15, 0.2) is 11.4 Å². The zero-order valence-corrected chi connectivity index (χ0v) is 12.2. The molecule has 0 spiro atoms. The van der Waals surface area contributed by atoms with E-state index in [1.54, 1.807) is 11.3 Å². The van der Waals surface area contributed by atoms with E-state index >= 15 is 0 Å². The molecule has 2 aromatic rings. The fourth-order valence-corrected chi connectivity index (χ4v) is 2.77. The van der Waals surface area contributed by atoms with E-state index in [9.17, 15) is 0 Å². The first-order chi connectivity index (χ1) is 9.31. The Morgan fingerprint density at radius 1 is 1.16 bits per heavy atom. The molecule has 19 heavy (non-hydrogen) atoms. The van der Waals surface area contributed by atoms with Crippen LogP contribution in [0.5, 0.6) is 5.88 Å². The van der Waals surface area contributed by atoms with Crippen LogP contribution < -0.4 is 10.5 Å². The van der Waals surface area contributed by atoms with Crippen molar-refractivity contribution >= 4 is 27.5 Å². The van der Waals surface area contributed by atoms with Crippen LogP contribution in [0.3, 0.4) is 0 Å². The van der Waals surface area contributed by atoms with E-state index in [-0.39, 0.29) is 5.95 Å². The molecule has 0 unspecified atom stereocenters. The van der Waals surface area contributed by atoms with E-state index in [1.165, 1.54) is 32.1 Å². The van der Waals surface area contributed by atoms with E-state index in [2.05, 4.69) is 16.9 Å². The topological polar surface area (TPSA) is 61.0 Å². The largest absolute Gasteiger partial charge is 0.477 e. The third-order valence-corrected chi connectivity index (χ3v) is 3.85. The van der Waals surface area contributed by atoms with Crippen LogP contribution >= 0.6 is 11.3 Å². The first-order valence-electron chi connectivity index (χ1n) is 6.94. The summed E-state index contributed by atoms with van der Waals surface area (Å²) in [4.78, 5) is 9.25. The highest BCUT2D eigenvalue weighted by Crippen LogP contribution is 2.27. The number of unbranched alkanes of at least 4 members (excludes halogenated alkanes) is 5. The number of thiophene rings is 1. The number of rotatable bonds is 8. The van der Waals surface area contributed by atoms with Gasteiger partial charge in [-0.15, -0.1) is 11.3 Å². The van der Waals surface area contributed by atoms with E-state index in [4.69, 9.17) is 10.5 Å². The van der Waals surface area contributed by atoms with E-state index in [1.807, 2.05) is 11.4 Å². The number of hydrogen-bond donors (Lipinski definition) is 1. The Morgan fingerprint density at radius 3 is 2.79 bits per heavy atom. The van der Waals surface area contributed by atoms with Crippen molar-refractivity contribution < 1.29 is 4.74 Å². The molecular formula is C14H21N3OS. The molecule has 2 rings (SSSR count). The van der Waals surface area contributed by atoms with Crippen LogP contribution in [-0.2, 0) is 0 Å². The number of aromatic nitrogens is 2. The van der Waals surface area contributed by atoms with Crippen molar-refractivity contribution in [3.8, 4) is 5.88 Å². The van der Waals surface area contributed by atoms with Gasteiger partial charge in [-0.3, -0.25) is 0 Å². The molecule has 0 radical (unpaired) electrons. The Labute approximate surface area is 118 Å². The second-order valence-corrected chi connectivity index (χ2v) is 5.54. The summed E-state index contributed by atoms with van der Waals surface area (Å²) in [5.41, 5.74) is 5.67. The molecule has 0 fully saturated rings. The van der Waals surface area contributed by atoms with E-state index in [0.29, 0.717) is 12.5 Å². The molecule has 2 N–H and O–H groups in total. The number of fused-ring (bicyclic) bond motifs is 1. The van der Waals surface area contributed by atoms with Gasteiger partial charge in [-0.25, -0.2) is 4.98 Å². The molecule has 0 aromatic carbocycles. The summed E-state index contributed by atoms with van der Waals surface area (Å²) in [6.45, 7) is 2.93. The summed E-state index contributed by atoms with van der Waals surface area (Å²) in [6, 6.07) is 1.98. The number of anilines is 1. The van der Waals surface area contributed by atoms with Gasteiger partial charge in [-0.05, 0) is 17.9 Å². The van der Waals surface area contributed by atoms with Gasteiger partial charge in [0.2, 0.25) is 11.8 Å². The molecule has 0 aliphatic carbocycles. The molecule has 2 aromatic heterocycles. The Morgan fingerprint density at radius 2 is 1.95 bits per heavy atom. The highest BCUT2D eigenvalue weighted by Gasteiger charge is 2.08. The molecule has 0 saturated carbocycles. The number of ether oxygens (including phenoxy) is 1. The van der Waals surface area contributed by atoms with Crippen molar-refractivity contribution in [2.24, 2.45) is 0 Å². The maximum Gasteiger partial charge on any atom is 0.227 e. The van der Waals surface area contributed by atoms with E-state index < -0.39 is 0 Å². The number of nitrogen functional groups attached to an aromatic ring is 1. The zero-order chi connectivity index (χ0) is 13.5. The van der Waals surface area contributed by atoms with Gasteiger partial charge in [0.15, 0.2) is 0 Å². The quantitative estimate of drug-likeness (QED) is 0.742. The fraction of sp³-hybridized carbons (Fsp3) is 0.571. The maximum absolute atomic E-state index is 5.74. The highest BCUT2D eigenvalue weighted by atomic mass is 32.1. The van der Waals surface area contributed by atoms with Gasteiger partial charge in [0.25, 0.3) is 0 Å². The summed E-state index contributed by atoms with van der Waals surface area (Å²) in [6.07, 6.45) is 7.51. The lowest BCUT2D eigenvalue weighted by molar-refractivity contribution is 0.297. The third-order valence-electron chi connectivity index (χ3n) is 3.04. The minimum Gasteiger partial charge on any atom is -0.477 e. The second-order valence-electron chi connectivity index (χ2n) is 4.64.